The second-order valence-corrected chi connectivity index (χ2v) is 7.66. The minimum atomic E-state index is -3.23. The first-order chi connectivity index (χ1) is 9.44. The average molecular weight is 364 g/mol. The van der Waals surface area contributed by atoms with Gasteiger partial charge in [-0.3, -0.25) is 10.1 Å². The van der Waals surface area contributed by atoms with Gasteiger partial charge in [0.1, 0.15) is 4.66 Å². The third-order valence-corrected chi connectivity index (χ3v) is 6.34. The van der Waals surface area contributed by atoms with Crippen LogP contribution >= 0.6 is 15.9 Å². The second kappa shape index (κ2) is 6.06. The summed E-state index contributed by atoms with van der Waals surface area (Å²) in [6.07, 6.45) is 0. The molecule has 9 heteroatoms. The van der Waals surface area contributed by atoms with Crippen LogP contribution in [-0.4, -0.2) is 48.5 Å². The molecule has 0 bridgehead atoms. The second-order valence-electron chi connectivity index (χ2n) is 4.38. The number of piperazine rings is 1. The smallest absolute Gasteiger partial charge is 0.271 e. The molecule has 1 saturated heterocycles. The number of alkyl halides is 1. The number of non-ortho nitro benzene ring substituents is 1. The third-order valence-electron chi connectivity index (χ3n) is 3.18. The first kappa shape index (κ1) is 15.2. The number of sulfonamides is 1. The van der Waals surface area contributed by atoms with Gasteiger partial charge in [0.15, 0.2) is 0 Å². The van der Waals surface area contributed by atoms with Gasteiger partial charge in [0, 0.05) is 44.0 Å². The van der Waals surface area contributed by atoms with Crippen molar-refractivity contribution < 1.29 is 13.3 Å². The van der Waals surface area contributed by atoms with Gasteiger partial charge in [-0.1, -0.05) is 22.0 Å². The van der Waals surface area contributed by atoms with Crippen LogP contribution < -0.4 is 4.90 Å². The first-order valence-electron chi connectivity index (χ1n) is 5.97. The molecule has 0 atom stereocenters. The Hall–Kier alpha value is -1.19. The quantitative estimate of drug-likeness (QED) is 0.458. The molecule has 0 aliphatic carbocycles. The highest BCUT2D eigenvalue weighted by molar-refractivity contribution is 9.10. The zero-order valence-corrected chi connectivity index (χ0v) is 13.0. The van der Waals surface area contributed by atoms with Gasteiger partial charge in [-0.25, -0.2) is 8.42 Å². The molecule has 20 heavy (non-hydrogen) atoms. The lowest BCUT2D eigenvalue weighted by Crippen LogP contribution is -2.48. The van der Waals surface area contributed by atoms with Crippen molar-refractivity contribution >= 4 is 37.3 Å². The molecule has 0 N–H and O–H groups in total. The highest BCUT2D eigenvalue weighted by atomic mass is 79.9. The van der Waals surface area contributed by atoms with Gasteiger partial charge in [-0.15, -0.1) is 0 Å². The molecule has 0 saturated carbocycles. The lowest BCUT2D eigenvalue weighted by atomic mass is 10.2. The SMILES string of the molecule is O=[N+]([O-])c1cccc(N2CCN(S(=O)(=O)CBr)CC2)c1. The summed E-state index contributed by atoms with van der Waals surface area (Å²) in [7, 11) is -3.23. The fraction of sp³-hybridized carbons (Fsp3) is 0.455. The largest absolute Gasteiger partial charge is 0.369 e. The number of nitro benzene ring substituents is 1. The number of halogens is 1. The number of hydrogen-bond acceptors (Lipinski definition) is 5. The van der Waals surface area contributed by atoms with Crippen molar-refractivity contribution in [3.63, 3.8) is 0 Å². The average Bonchev–Trinajstić information content (AvgIpc) is 2.47. The molecule has 1 aromatic rings. The van der Waals surface area contributed by atoms with E-state index >= 15 is 0 Å². The van der Waals surface area contributed by atoms with Crippen molar-refractivity contribution in [3.05, 3.63) is 34.4 Å². The van der Waals surface area contributed by atoms with Gasteiger partial charge in [0.05, 0.1) is 4.92 Å². The van der Waals surface area contributed by atoms with Crippen LogP contribution in [0.3, 0.4) is 0 Å². The summed E-state index contributed by atoms with van der Waals surface area (Å²) < 4.78 is 24.8. The Kier molecular flexibility index (Phi) is 4.61. The van der Waals surface area contributed by atoms with Crippen LogP contribution in [0.5, 0.6) is 0 Å². The summed E-state index contributed by atoms with van der Waals surface area (Å²) in [6.45, 7) is 1.81. The van der Waals surface area contributed by atoms with Crippen LogP contribution in [-0.2, 0) is 10.0 Å². The maximum Gasteiger partial charge on any atom is 0.271 e. The molecule has 0 radical (unpaired) electrons. The van der Waals surface area contributed by atoms with E-state index in [9.17, 15) is 18.5 Å². The van der Waals surface area contributed by atoms with Crippen LogP contribution in [0.4, 0.5) is 11.4 Å². The first-order valence-corrected chi connectivity index (χ1v) is 8.70. The van der Waals surface area contributed by atoms with Gasteiger partial charge >= 0.3 is 0 Å². The van der Waals surface area contributed by atoms with Gasteiger partial charge < -0.3 is 4.90 Å². The van der Waals surface area contributed by atoms with E-state index in [-0.39, 0.29) is 10.3 Å². The van der Waals surface area contributed by atoms with E-state index in [1.807, 2.05) is 4.90 Å². The van der Waals surface area contributed by atoms with Gasteiger partial charge in [-0.05, 0) is 6.07 Å². The van der Waals surface area contributed by atoms with Crippen molar-refractivity contribution in [1.29, 1.82) is 0 Å². The molecule has 1 aliphatic heterocycles. The number of anilines is 1. The molecule has 0 amide bonds. The number of hydrogen-bond donors (Lipinski definition) is 0. The summed E-state index contributed by atoms with van der Waals surface area (Å²) in [5.41, 5.74) is 0.785. The minimum absolute atomic E-state index is 0.0398. The number of nitrogens with zero attached hydrogens (tertiary/aromatic N) is 3. The highest BCUT2D eigenvalue weighted by Gasteiger charge is 2.26. The normalized spacial score (nSPS) is 17.1. The fourth-order valence-electron chi connectivity index (χ4n) is 2.10. The maximum absolute atomic E-state index is 11.7. The fourth-order valence-corrected chi connectivity index (χ4v) is 3.82. The summed E-state index contributed by atoms with van der Waals surface area (Å²) in [5.74, 6) is 0. The Morgan fingerprint density at radius 2 is 1.90 bits per heavy atom. The van der Waals surface area contributed by atoms with E-state index in [1.165, 1.54) is 16.4 Å². The molecular weight excluding hydrogens is 350 g/mol. The van der Waals surface area contributed by atoms with E-state index in [0.717, 1.165) is 5.69 Å². The molecule has 1 fully saturated rings. The van der Waals surface area contributed by atoms with Gasteiger partial charge in [-0.2, -0.15) is 4.31 Å². The standard InChI is InChI=1S/C11H14BrN3O4S/c12-9-20(18,19)14-6-4-13(5-7-14)10-2-1-3-11(8-10)15(16)17/h1-3,8H,4-7,9H2. The monoisotopic (exact) mass is 363 g/mol. The van der Waals surface area contributed by atoms with Gasteiger partial charge in [0.25, 0.3) is 5.69 Å². The van der Waals surface area contributed by atoms with Crippen LogP contribution in [0.2, 0.25) is 0 Å². The van der Waals surface area contributed by atoms with Gasteiger partial charge in [0.2, 0.25) is 10.0 Å². The van der Waals surface area contributed by atoms with Crippen molar-refractivity contribution in [1.82, 2.24) is 4.31 Å². The summed E-state index contributed by atoms with van der Waals surface area (Å²) >= 11 is 2.97. The molecule has 0 spiro atoms. The van der Waals surface area contributed by atoms with E-state index in [0.29, 0.717) is 26.2 Å². The van der Waals surface area contributed by atoms with Crippen LogP contribution in [0.1, 0.15) is 0 Å². The van der Waals surface area contributed by atoms with E-state index < -0.39 is 14.9 Å². The number of nitro groups is 1. The lowest BCUT2D eigenvalue weighted by molar-refractivity contribution is -0.384. The summed E-state index contributed by atoms with van der Waals surface area (Å²) in [6, 6.07) is 6.38. The predicted octanol–water partition coefficient (Wildman–Crippen LogP) is 1.40. The Morgan fingerprint density at radius 3 is 2.45 bits per heavy atom. The zero-order chi connectivity index (χ0) is 14.8. The Morgan fingerprint density at radius 1 is 1.25 bits per heavy atom. The molecule has 0 aromatic heterocycles. The molecule has 7 nitrogen and oxygen atoms in total. The number of rotatable bonds is 4. The Labute approximate surface area is 125 Å². The van der Waals surface area contributed by atoms with Crippen molar-refractivity contribution in [2.45, 2.75) is 0 Å². The molecule has 1 heterocycles. The van der Waals surface area contributed by atoms with Crippen molar-refractivity contribution in [2.75, 3.05) is 35.7 Å². The minimum Gasteiger partial charge on any atom is -0.369 e. The molecule has 1 aromatic carbocycles. The van der Waals surface area contributed by atoms with Crippen molar-refractivity contribution in [3.8, 4) is 0 Å². The van der Waals surface area contributed by atoms with E-state index in [1.54, 1.807) is 12.1 Å². The third kappa shape index (κ3) is 3.28. The van der Waals surface area contributed by atoms with Crippen LogP contribution in [0, 0.1) is 10.1 Å². The highest BCUT2D eigenvalue weighted by Crippen LogP contribution is 2.22. The maximum atomic E-state index is 11.7. The van der Waals surface area contributed by atoms with Crippen molar-refractivity contribution in [2.24, 2.45) is 0 Å². The molecular formula is C11H14BrN3O4S. The Bertz CT molecular complexity index is 599. The summed E-state index contributed by atoms with van der Waals surface area (Å²) in [4.78, 5) is 12.3. The molecule has 2 rings (SSSR count). The van der Waals surface area contributed by atoms with Crippen LogP contribution in [0.15, 0.2) is 24.3 Å². The predicted molar refractivity (Wildman–Crippen MR) is 79.6 cm³/mol. The number of benzene rings is 1. The molecule has 1 aliphatic rings. The van der Waals surface area contributed by atoms with Crippen LogP contribution in [0.25, 0.3) is 0 Å². The topological polar surface area (TPSA) is 83.8 Å². The molecule has 110 valence electrons. The lowest BCUT2D eigenvalue weighted by Gasteiger charge is -2.34. The Balaban J connectivity index is 2.08. The van der Waals surface area contributed by atoms with E-state index in [4.69, 9.17) is 0 Å². The zero-order valence-electron chi connectivity index (χ0n) is 10.6. The van der Waals surface area contributed by atoms with E-state index in [2.05, 4.69) is 15.9 Å². The summed E-state index contributed by atoms with van der Waals surface area (Å²) in [5, 5.41) is 10.8. The molecule has 0 unspecified atom stereocenters.